The normalized spacial score (nSPS) is 16.6. The van der Waals surface area contributed by atoms with Crippen molar-refractivity contribution in [3.8, 4) is 0 Å². The van der Waals surface area contributed by atoms with Gasteiger partial charge in [0.2, 0.25) is 0 Å². The van der Waals surface area contributed by atoms with Gasteiger partial charge in [-0.3, -0.25) is 9.59 Å². The first-order chi connectivity index (χ1) is 17.3. The van der Waals surface area contributed by atoms with Gasteiger partial charge in [0.1, 0.15) is 5.82 Å². The topological polar surface area (TPSA) is 126 Å². The summed E-state index contributed by atoms with van der Waals surface area (Å²) in [4.78, 5) is 29.1. The lowest BCUT2D eigenvalue weighted by molar-refractivity contribution is -0.112. The summed E-state index contributed by atoms with van der Waals surface area (Å²) in [7, 11) is 0. The van der Waals surface area contributed by atoms with Crippen molar-refractivity contribution in [2.75, 3.05) is 44.7 Å². The Balaban J connectivity index is 1.44. The molecule has 0 saturated carbocycles. The number of allylic oxidation sites excluding steroid dienone is 1. The second kappa shape index (κ2) is 11.6. The third-order valence-corrected chi connectivity index (χ3v) is 6.53. The molecule has 0 unspecified atom stereocenters. The van der Waals surface area contributed by atoms with E-state index < -0.39 is 5.91 Å². The fourth-order valence-electron chi connectivity index (χ4n) is 3.97. The highest BCUT2D eigenvalue weighted by molar-refractivity contribution is 6.33. The minimum atomic E-state index is -0.492. The number of halogens is 2. The number of benzene rings is 2. The number of rotatable bonds is 6. The maximum Gasteiger partial charge on any atom is 0.271 e. The number of anilines is 1. The number of ether oxygens (including phenoxy) is 1. The zero-order valence-corrected chi connectivity index (χ0v) is 21.1. The fourth-order valence-corrected chi connectivity index (χ4v) is 4.34. The summed E-state index contributed by atoms with van der Waals surface area (Å²) in [6, 6.07) is 12.0. The van der Waals surface area contributed by atoms with Crippen molar-refractivity contribution < 1.29 is 14.3 Å². The van der Waals surface area contributed by atoms with Gasteiger partial charge in [-0.25, -0.2) is 0 Å². The van der Waals surface area contributed by atoms with E-state index in [1.54, 1.807) is 47.4 Å². The number of hydrogen-bond donors (Lipinski definition) is 4. The summed E-state index contributed by atoms with van der Waals surface area (Å²) in [6.45, 7) is 3.89. The predicted molar refractivity (Wildman–Crippen MR) is 140 cm³/mol. The van der Waals surface area contributed by atoms with Gasteiger partial charge in [-0.1, -0.05) is 23.2 Å². The summed E-state index contributed by atoms with van der Waals surface area (Å²) in [6.07, 6.45) is 1.53. The van der Waals surface area contributed by atoms with Crippen LogP contribution in [0.15, 0.2) is 65.8 Å². The van der Waals surface area contributed by atoms with Crippen LogP contribution < -0.4 is 22.1 Å². The lowest BCUT2D eigenvalue weighted by Crippen LogP contribution is -2.41. The van der Waals surface area contributed by atoms with E-state index >= 15 is 0 Å². The maximum absolute atomic E-state index is 12.8. The van der Waals surface area contributed by atoms with Crippen LogP contribution in [-0.4, -0.2) is 61.0 Å². The number of nitrogens with one attached hydrogen (secondary N) is 2. The van der Waals surface area contributed by atoms with E-state index in [1.165, 1.54) is 6.08 Å². The average Bonchev–Trinajstić information content (AvgIpc) is 2.88. The Labute approximate surface area is 219 Å². The molecule has 0 aromatic heterocycles. The van der Waals surface area contributed by atoms with E-state index in [9.17, 15) is 9.59 Å². The minimum absolute atomic E-state index is 0.0210. The van der Waals surface area contributed by atoms with Crippen molar-refractivity contribution in [3.63, 3.8) is 0 Å². The largest absolute Gasteiger partial charge is 0.394 e. The molecule has 6 N–H and O–H groups in total. The third kappa shape index (κ3) is 6.23. The van der Waals surface area contributed by atoms with Crippen LogP contribution >= 0.6 is 23.2 Å². The highest BCUT2D eigenvalue weighted by Crippen LogP contribution is 2.25. The molecule has 36 heavy (non-hydrogen) atoms. The first-order valence-corrected chi connectivity index (χ1v) is 12.3. The van der Waals surface area contributed by atoms with Crippen molar-refractivity contribution in [2.24, 2.45) is 11.5 Å². The molecule has 2 aliphatic rings. The van der Waals surface area contributed by atoms with Crippen molar-refractivity contribution in [2.45, 2.75) is 6.54 Å². The van der Waals surface area contributed by atoms with Crippen LogP contribution in [0.25, 0.3) is 0 Å². The molecule has 2 aliphatic heterocycles. The minimum Gasteiger partial charge on any atom is -0.394 e. The Bertz CT molecular complexity index is 1190. The Morgan fingerprint density at radius 1 is 1.08 bits per heavy atom. The van der Waals surface area contributed by atoms with Gasteiger partial charge in [0, 0.05) is 54.0 Å². The molecule has 1 fully saturated rings. The highest BCUT2D eigenvalue weighted by Gasteiger charge is 2.21. The number of amides is 2. The van der Waals surface area contributed by atoms with Crippen LogP contribution in [0.1, 0.15) is 15.9 Å². The summed E-state index contributed by atoms with van der Waals surface area (Å²) >= 11 is 12.5. The van der Waals surface area contributed by atoms with Gasteiger partial charge in [0.05, 0.1) is 24.6 Å². The highest BCUT2D eigenvalue weighted by atomic mass is 35.5. The van der Waals surface area contributed by atoms with Gasteiger partial charge in [0.25, 0.3) is 11.8 Å². The van der Waals surface area contributed by atoms with Crippen LogP contribution in [0.2, 0.25) is 10.0 Å². The molecule has 0 atom stereocenters. The van der Waals surface area contributed by atoms with Gasteiger partial charge in [-0.15, -0.1) is 0 Å². The van der Waals surface area contributed by atoms with Crippen LogP contribution in [-0.2, 0) is 16.1 Å². The van der Waals surface area contributed by atoms with Crippen molar-refractivity contribution in [3.05, 3.63) is 86.9 Å². The Hall–Kier alpha value is -3.40. The quantitative estimate of drug-likeness (QED) is 0.422. The maximum atomic E-state index is 12.8. The first-order valence-electron chi connectivity index (χ1n) is 11.5. The average molecular weight is 531 g/mol. The second-order valence-corrected chi connectivity index (χ2v) is 9.26. The molecule has 2 aromatic carbocycles. The van der Waals surface area contributed by atoms with Gasteiger partial charge in [0.15, 0.2) is 0 Å². The molecule has 11 heteroatoms. The number of hydrogen-bond acceptors (Lipinski definition) is 7. The van der Waals surface area contributed by atoms with Crippen molar-refractivity contribution in [1.29, 1.82) is 0 Å². The standard InChI is InChI=1S/C25H28Cl2N6O3/c26-18-3-6-20(27)17(13-18)15-33-8-7-30-23(29)22(33)14-21(28)24(34)31-19-4-1-16(2-5-19)25(35)32-9-11-36-12-10-32/h1-6,13-14,30H,7-12,15,28-29H2,(H,31,34)/b21-14-. The summed E-state index contributed by atoms with van der Waals surface area (Å²) in [5.41, 5.74) is 14.8. The molecule has 2 aromatic rings. The van der Waals surface area contributed by atoms with Gasteiger partial charge < -0.3 is 36.6 Å². The molecule has 190 valence electrons. The van der Waals surface area contributed by atoms with Crippen LogP contribution in [0.4, 0.5) is 5.69 Å². The van der Waals surface area contributed by atoms with Gasteiger partial charge >= 0.3 is 0 Å². The number of carbonyl (C=O) groups is 2. The molecule has 0 spiro atoms. The number of nitrogens with two attached hydrogens (primary N) is 2. The van der Waals surface area contributed by atoms with E-state index in [4.69, 9.17) is 39.4 Å². The molecule has 4 rings (SSSR count). The molecular weight excluding hydrogens is 503 g/mol. The lowest BCUT2D eigenvalue weighted by atomic mass is 10.1. The van der Waals surface area contributed by atoms with Crippen LogP contribution in [0.3, 0.4) is 0 Å². The number of carbonyl (C=O) groups excluding carboxylic acids is 2. The molecule has 0 aliphatic carbocycles. The monoisotopic (exact) mass is 530 g/mol. The van der Waals surface area contributed by atoms with Crippen molar-refractivity contribution >= 4 is 40.7 Å². The van der Waals surface area contributed by atoms with E-state index in [-0.39, 0.29) is 11.6 Å². The van der Waals surface area contributed by atoms with E-state index in [1.807, 2.05) is 4.90 Å². The van der Waals surface area contributed by atoms with E-state index in [2.05, 4.69) is 10.6 Å². The Morgan fingerprint density at radius 2 is 1.81 bits per heavy atom. The Morgan fingerprint density at radius 3 is 2.53 bits per heavy atom. The molecule has 0 bridgehead atoms. The van der Waals surface area contributed by atoms with Crippen molar-refractivity contribution in [1.82, 2.24) is 15.1 Å². The second-order valence-electron chi connectivity index (χ2n) is 8.42. The summed E-state index contributed by atoms with van der Waals surface area (Å²) in [5.74, 6) is -0.155. The van der Waals surface area contributed by atoms with Gasteiger partial charge in [-0.05, 0) is 54.1 Å². The zero-order chi connectivity index (χ0) is 25.7. The number of nitrogens with zero attached hydrogens (tertiary/aromatic N) is 2. The molecule has 1 saturated heterocycles. The number of morpholine rings is 1. The smallest absolute Gasteiger partial charge is 0.271 e. The SMILES string of the molecule is NC1=C(/C=C(\N)C(=O)Nc2ccc(C(=O)N3CCOCC3)cc2)N(Cc2cc(Cl)ccc2Cl)CCN1. The third-order valence-electron chi connectivity index (χ3n) is 5.93. The molecule has 2 amide bonds. The Kier molecular flexibility index (Phi) is 8.25. The van der Waals surface area contributed by atoms with E-state index in [0.29, 0.717) is 78.8 Å². The molecule has 2 heterocycles. The van der Waals surface area contributed by atoms with Crippen LogP contribution in [0, 0.1) is 0 Å². The molecule has 9 nitrogen and oxygen atoms in total. The lowest BCUT2D eigenvalue weighted by Gasteiger charge is -2.32. The summed E-state index contributed by atoms with van der Waals surface area (Å²) < 4.78 is 5.29. The van der Waals surface area contributed by atoms with Crippen LogP contribution in [0.5, 0.6) is 0 Å². The van der Waals surface area contributed by atoms with Gasteiger partial charge in [-0.2, -0.15) is 0 Å². The van der Waals surface area contributed by atoms with E-state index in [0.717, 1.165) is 5.56 Å². The first kappa shape index (κ1) is 25.7. The summed E-state index contributed by atoms with van der Waals surface area (Å²) in [5, 5.41) is 7.01. The zero-order valence-electron chi connectivity index (χ0n) is 19.6. The molecule has 0 radical (unpaired) electrons. The molecular formula is C25H28Cl2N6O3. The fraction of sp³-hybridized carbons (Fsp3) is 0.280. The predicted octanol–water partition coefficient (Wildman–Crippen LogP) is 2.48.